The summed E-state index contributed by atoms with van der Waals surface area (Å²) in [5.41, 5.74) is 1.19. The SMILES string of the molecule is CC(C)(C)CCNc1ccc(F)nc1. The molecule has 0 radical (unpaired) electrons. The van der Waals surface area contributed by atoms with Crippen molar-refractivity contribution >= 4 is 5.69 Å². The molecule has 2 nitrogen and oxygen atoms in total. The molecule has 0 amide bonds. The summed E-state index contributed by atoms with van der Waals surface area (Å²) in [5.74, 6) is -0.439. The van der Waals surface area contributed by atoms with Crippen molar-refractivity contribution in [2.24, 2.45) is 5.41 Å². The van der Waals surface area contributed by atoms with Crippen LogP contribution in [-0.4, -0.2) is 11.5 Å². The zero-order valence-electron chi connectivity index (χ0n) is 8.97. The Labute approximate surface area is 84.6 Å². The predicted octanol–water partition coefficient (Wildman–Crippen LogP) is 3.07. The molecule has 0 atom stereocenters. The van der Waals surface area contributed by atoms with Gasteiger partial charge >= 0.3 is 0 Å². The van der Waals surface area contributed by atoms with Crippen LogP contribution in [0.25, 0.3) is 0 Å². The van der Waals surface area contributed by atoms with Crippen LogP contribution in [0, 0.1) is 11.4 Å². The van der Waals surface area contributed by atoms with E-state index in [2.05, 4.69) is 31.1 Å². The van der Waals surface area contributed by atoms with Crippen molar-refractivity contribution in [3.05, 3.63) is 24.3 Å². The number of rotatable bonds is 3. The fourth-order valence-electron chi connectivity index (χ4n) is 1.06. The first-order valence-corrected chi connectivity index (χ1v) is 4.83. The summed E-state index contributed by atoms with van der Waals surface area (Å²) in [5, 5.41) is 3.20. The lowest BCUT2D eigenvalue weighted by Gasteiger charge is -2.18. The highest BCUT2D eigenvalue weighted by Crippen LogP contribution is 2.18. The van der Waals surface area contributed by atoms with Crippen LogP contribution in [0.2, 0.25) is 0 Å². The molecule has 0 aliphatic heterocycles. The number of anilines is 1. The zero-order chi connectivity index (χ0) is 10.6. The summed E-state index contributed by atoms with van der Waals surface area (Å²) >= 11 is 0. The summed E-state index contributed by atoms with van der Waals surface area (Å²) in [6, 6.07) is 3.06. The van der Waals surface area contributed by atoms with E-state index in [1.165, 1.54) is 12.3 Å². The van der Waals surface area contributed by atoms with Crippen molar-refractivity contribution in [2.75, 3.05) is 11.9 Å². The Morgan fingerprint density at radius 1 is 1.36 bits per heavy atom. The maximum Gasteiger partial charge on any atom is 0.212 e. The molecule has 3 heteroatoms. The van der Waals surface area contributed by atoms with Crippen molar-refractivity contribution in [3.63, 3.8) is 0 Å². The molecular weight excluding hydrogens is 179 g/mol. The van der Waals surface area contributed by atoms with Gasteiger partial charge < -0.3 is 5.32 Å². The quantitative estimate of drug-likeness (QED) is 0.751. The molecule has 1 N–H and O–H groups in total. The molecule has 0 saturated heterocycles. The zero-order valence-corrected chi connectivity index (χ0v) is 8.97. The van der Waals surface area contributed by atoms with Crippen LogP contribution in [0.1, 0.15) is 27.2 Å². The Kier molecular flexibility index (Phi) is 3.44. The summed E-state index contributed by atoms with van der Waals surface area (Å²) in [6.07, 6.45) is 2.59. The monoisotopic (exact) mass is 196 g/mol. The van der Waals surface area contributed by atoms with Gasteiger partial charge in [0, 0.05) is 6.54 Å². The molecule has 0 fully saturated rings. The Morgan fingerprint density at radius 3 is 2.57 bits per heavy atom. The maximum atomic E-state index is 12.5. The van der Waals surface area contributed by atoms with E-state index in [-0.39, 0.29) is 0 Å². The first-order chi connectivity index (χ1) is 6.47. The van der Waals surface area contributed by atoms with Crippen LogP contribution in [0.15, 0.2) is 18.3 Å². The molecule has 0 unspecified atom stereocenters. The number of nitrogens with one attached hydrogen (secondary N) is 1. The molecule has 14 heavy (non-hydrogen) atoms. The second-order valence-electron chi connectivity index (χ2n) is 4.61. The van der Waals surface area contributed by atoms with E-state index in [4.69, 9.17) is 0 Å². The Hall–Kier alpha value is -1.12. The van der Waals surface area contributed by atoms with Gasteiger partial charge in [-0.3, -0.25) is 0 Å². The highest BCUT2D eigenvalue weighted by Gasteiger charge is 2.08. The van der Waals surface area contributed by atoms with Crippen LogP contribution in [0.3, 0.4) is 0 Å². The van der Waals surface area contributed by atoms with Gasteiger partial charge in [0.05, 0.1) is 11.9 Å². The molecule has 1 aromatic heterocycles. The highest BCUT2D eigenvalue weighted by molar-refractivity contribution is 5.39. The number of aromatic nitrogens is 1. The first-order valence-electron chi connectivity index (χ1n) is 4.83. The smallest absolute Gasteiger partial charge is 0.212 e. The number of nitrogens with zero attached hydrogens (tertiary/aromatic N) is 1. The van der Waals surface area contributed by atoms with Gasteiger partial charge in [-0.15, -0.1) is 0 Å². The fourth-order valence-corrected chi connectivity index (χ4v) is 1.06. The third kappa shape index (κ3) is 4.21. The Balaban J connectivity index is 2.35. The fraction of sp³-hybridized carbons (Fsp3) is 0.545. The molecule has 1 rings (SSSR count). The number of halogens is 1. The highest BCUT2D eigenvalue weighted by atomic mass is 19.1. The molecule has 78 valence electrons. The van der Waals surface area contributed by atoms with Gasteiger partial charge in [-0.25, -0.2) is 4.98 Å². The predicted molar refractivity (Wildman–Crippen MR) is 56.8 cm³/mol. The van der Waals surface area contributed by atoms with Crippen LogP contribution in [-0.2, 0) is 0 Å². The summed E-state index contributed by atoms with van der Waals surface area (Å²) in [7, 11) is 0. The van der Waals surface area contributed by atoms with Crippen LogP contribution < -0.4 is 5.32 Å². The van der Waals surface area contributed by atoms with Gasteiger partial charge in [0.25, 0.3) is 0 Å². The molecule has 0 spiro atoms. The van der Waals surface area contributed by atoms with Crippen LogP contribution >= 0.6 is 0 Å². The van der Waals surface area contributed by atoms with E-state index in [1.54, 1.807) is 6.07 Å². The van der Waals surface area contributed by atoms with E-state index in [1.807, 2.05) is 0 Å². The lowest BCUT2D eigenvalue weighted by molar-refractivity contribution is 0.390. The maximum absolute atomic E-state index is 12.5. The lowest BCUT2D eigenvalue weighted by atomic mass is 9.92. The first kappa shape index (κ1) is 11.0. The minimum Gasteiger partial charge on any atom is -0.384 e. The molecule has 0 aliphatic carbocycles. The number of hydrogen-bond acceptors (Lipinski definition) is 2. The van der Waals surface area contributed by atoms with Gasteiger partial charge in [-0.2, -0.15) is 4.39 Å². The summed E-state index contributed by atoms with van der Waals surface area (Å²) in [6.45, 7) is 7.46. The normalized spacial score (nSPS) is 11.4. The molecule has 0 saturated carbocycles. The average Bonchev–Trinajstić information content (AvgIpc) is 2.06. The van der Waals surface area contributed by atoms with Crippen molar-refractivity contribution in [1.29, 1.82) is 0 Å². The van der Waals surface area contributed by atoms with Crippen LogP contribution in [0.4, 0.5) is 10.1 Å². The number of hydrogen-bond donors (Lipinski definition) is 1. The third-order valence-corrected chi connectivity index (χ3v) is 1.93. The second-order valence-corrected chi connectivity index (χ2v) is 4.61. The van der Waals surface area contributed by atoms with Crippen molar-refractivity contribution < 1.29 is 4.39 Å². The summed E-state index contributed by atoms with van der Waals surface area (Å²) in [4.78, 5) is 3.57. The molecular formula is C11H17FN2. The van der Waals surface area contributed by atoms with Gasteiger partial charge in [-0.05, 0) is 24.0 Å². The van der Waals surface area contributed by atoms with Crippen LogP contribution in [0.5, 0.6) is 0 Å². The number of pyridine rings is 1. The standard InChI is InChI=1S/C11H17FN2/c1-11(2,3)6-7-13-9-4-5-10(12)14-8-9/h4-5,8,13H,6-7H2,1-3H3. The van der Waals surface area contributed by atoms with E-state index in [0.29, 0.717) is 5.41 Å². The Bertz CT molecular complexity index is 274. The van der Waals surface area contributed by atoms with Crippen molar-refractivity contribution in [1.82, 2.24) is 4.98 Å². The topological polar surface area (TPSA) is 24.9 Å². The molecule has 0 aliphatic rings. The second kappa shape index (κ2) is 4.40. The molecule has 0 bridgehead atoms. The van der Waals surface area contributed by atoms with Crippen molar-refractivity contribution in [2.45, 2.75) is 27.2 Å². The van der Waals surface area contributed by atoms with Crippen molar-refractivity contribution in [3.8, 4) is 0 Å². The third-order valence-electron chi connectivity index (χ3n) is 1.93. The minimum absolute atomic E-state index is 0.320. The molecule has 0 aromatic carbocycles. The average molecular weight is 196 g/mol. The minimum atomic E-state index is -0.439. The van der Waals surface area contributed by atoms with Gasteiger partial charge in [0.2, 0.25) is 5.95 Å². The lowest BCUT2D eigenvalue weighted by Crippen LogP contribution is -2.12. The van der Waals surface area contributed by atoms with E-state index in [9.17, 15) is 4.39 Å². The largest absolute Gasteiger partial charge is 0.384 e. The molecule has 1 aromatic rings. The van der Waals surface area contributed by atoms with Gasteiger partial charge in [0.15, 0.2) is 0 Å². The van der Waals surface area contributed by atoms with Gasteiger partial charge in [0.1, 0.15) is 0 Å². The molecule has 1 heterocycles. The van der Waals surface area contributed by atoms with Gasteiger partial charge in [-0.1, -0.05) is 20.8 Å². The van der Waals surface area contributed by atoms with E-state index >= 15 is 0 Å². The van der Waals surface area contributed by atoms with E-state index < -0.39 is 5.95 Å². The summed E-state index contributed by atoms with van der Waals surface area (Å²) < 4.78 is 12.5. The van der Waals surface area contributed by atoms with E-state index in [0.717, 1.165) is 18.7 Å². The Morgan fingerprint density at radius 2 is 2.07 bits per heavy atom.